The van der Waals surface area contributed by atoms with Gasteiger partial charge in [-0.15, -0.1) is 12.4 Å². The first kappa shape index (κ1) is 23.7. The molecule has 174 valence electrons. The zero-order chi connectivity index (χ0) is 22.4. The minimum atomic E-state index is -0.778. The lowest BCUT2D eigenvalue weighted by molar-refractivity contribution is 0.0968. The minimum absolute atomic E-state index is 0. The lowest BCUT2D eigenvalue weighted by atomic mass is 9.91. The fraction of sp³-hybridized carbons (Fsp3) is 0.360. The Bertz CT molecular complexity index is 1180. The van der Waals surface area contributed by atoms with Crippen LogP contribution in [0.2, 0.25) is 5.02 Å². The Morgan fingerprint density at radius 3 is 2.48 bits per heavy atom. The number of phenols is 1. The largest absolute Gasteiger partial charge is 0.504 e. The minimum Gasteiger partial charge on any atom is -0.504 e. The quantitative estimate of drug-likeness (QED) is 0.377. The molecule has 0 atom stereocenters. The van der Waals surface area contributed by atoms with E-state index in [9.17, 15) is 14.3 Å². The van der Waals surface area contributed by atoms with E-state index in [1.54, 1.807) is 6.20 Å². The number of phenolic OH excluding ortho intramolecular Hbond substituents is 1. The molecular formula is C25H26Cl2FN3O2. The van der Waals surface area contributed by atoms with Gasteiger partial charge in [0.1, 0.15) is 0 Å². The number of halogens is 3. The monoisotopic (exact) mass is 489 g/mol. The molecule has 0 saturated heterocycles. The first-order chi connectivity index (χ1) is 15.4. The lowest BCUT2D eigenvalue weighted by Crippen LogP contribution is -2.33. The van der Waals surface area contributed by atoms with Crippen molar-refractivity contribution in [1.29, 1.82) is 0 Å². The highest BCUT2D eigenvalue weighted by molar-refractivity contribution is 6.32. The molecular weight excluding hydrogens is 464 g/mol. The number of nitrogens with two attached hydrogens (primary N) is 1. The van der Waals surface area contributed by atoms with Gasteiger partial charge in [-0.3, -0.25) is 9.78 Å². The van der Waals surface area contributed by atoms with E-state index in [0.717, 1.165) is 60.7 Å². The van der Waals surface area contributed by atoms with Gasteiger partial charge in [0.15, 0.2) is 17.3 Å². The van der Waals surface area contributed by atoms with E-state index in [0.29, 0.717) is 11.1 Å². The molecule has 2 fully saturated rings. The number of benzene rings is 2. The van der Waals surface area contributed by atoms with E-state index < -0.39 is 11.6 Å². The van der Waals surface area contributed by atoms with Gasteiger partial charge in [-0.05, 0) is 73.9 Å². The third kappa shape index (κ3) is 4.79. The Morgan fingerprint density at radius 1 is 1.09 bits per heavy atom. The summed E-state index contributed by atoms with van der Waals surface area (Å²) in [5, 5.41) is 14.1. The molecule has 1 aromatic heterocycles. The van der Waals surface area contributed by atoms with Crippen molar-refractivity contribution in [3.8, 4) is 16.9 Å². The third-order valence-corrected chi connectivity index (χ3v) is 6.84. The van der Waals surface area contributed by atoms with Crippen molar-refractivity contribution in [2.24, 2.45) is 11.7 Å². The fourth-order valence-corrected chi connectivity index (χ4v) is 4.69. The van der Waals surface area contributed by atoms with E-state index in [2.05, 4.69) is 10.3 Å². The first-order valence-electron chi connectivity index (χ1n) is 11.1. The van der Waals surface area contributed by atoms with Crippen molar-refractivity contribution in [1.82, 2.24) is 4.98 Å². The summed E-state index contributed by atoms with van der Waals surface area (Å²) in [6, 6.07) is 8.85. The molecule has 3 aromatic rings. The molecule has 8 heteroatoms. The normalized spacial score (nSPS) is 20.3. The van der Waals surface area contributed by atoms with E-state index in [-0.39, 0.29) is 41.2 Å². The van der Waals surface area contributed by atoms with Crippen LogP contribution in [0.4, 0.5) is 10.1 Å². The number of carbonyl (C=O) groups excluding carboxylic acids is 1. The number of ketones is 1. The summed E-state index contributed by atoms with van der Waals surface area (Å²) in [7, 11) is 0. The van der Waals surface area contributed by atoms with Crippen molar-refractivity contribution >= 4 is 46.4 Å². The van der Waals surface area contributed by atoms with Crippen molar-refractivity contribution < 1.29 is 14.3 Å². The number of aromatic hydroxyl groups is 1. The molecule has 2 aromatic carbocycles. The van der Waals surface area contributed by atoms with Crippen LogP contribution in [0.3, 0.4) is 0 Å². The number of rotatable bonds is 5. The average molecular weight is 490 g/mol. The van der Waals surface area contributed by atoms with Crippen LogP contribution in [-0.4, -0.2) is 28.0 Å². The number of carbonyl (C=O) groups is 1. The molecule has 0 bridgehead atoms. The Morgan fingerprint density at radius 2 is 1.82 bits per heavy atom. The van der Waals surface area contributed by atoms with Gasteiger partial charge in [0.05, 0.1) is 21.8 Å². The highest BCUT2D eigenvalue weighted by atomic mass is 35.5. The molecule has 4 N–H and O–H groups in total. The van der Waals surface area contributed by atoms with Crippen LogP contribution >= 0.6 is 24.0 Å². The molecule has 2 saturated carbocycles. The van der Waals surface area contributed by atoms with Crippen LogP contribution in [0.25, 0.3) is 22.0 Å². The Hall–Kier alpha value is -2.41. The lowest BCUT2D eigenvalue weighted by Gasteiger charge is -2.29. The maximum Gasteiger partial charge on any atom is 0.170 e. The van der Waals surface area contributed by atoms with E-state index in [1.165, 1.54) is 12.1 Å². The Kier molecular flexibility index (Phi) is 6.80. The van der Waals surface area contributed by atoms with Crippen molar-refractivity contribution in [3.63, 3.8) is 0 Å². The smallest absolute Gasteiger partial charge is 0.170 e. The molecule has 5 rings (SSSR count). The summed E-state index contributed by atoms with van der Waals surface area (Å²) in [6.07, 6.45) is 7.30. The number of hydrogen-bond donors (Lipinski definition) is 3. The summed E-state index contributed by atoms with van der Waals surface area (Å²) < 4.78 is 14.1. The number of nitrogens with zero attached hydrogens (tertiary/aromatic N) is 1. The topological polar surface area (TPSA) is 88.2 Å². The van der Waals surface area contributed by atoms with Gasteiger partial charge in [-0.2, -0.15) is 0 Å². The zero-order valence-electron chi connectivity index (χ0n) is 18.0. The molecule has 1 heterocycles. The average Bonchev–Trinajstić information content (AvgIpc) is 3.63. The second-order valence-electron chi connectivity index (χ2n) is 8.96. The van der Waals surface area contributed by atoms with Crippen LogP contribution in [0.5, 0.6) is 5.75 Å². The van der Waals surface area contributed by atoms with Crippen molar-refractivity contribution in [2.75, 3.05) is 5.32 Å². The summed E-state index contributed by atoms with van der Waals surface area (Å²) in [6.45, 7) is 0. The standard InChI is InChI=1S/C25H25ClFN3O2.ClH/c26-20-10-15(11-21(27)25(20)32)14-3-8-22-18(9-14)23(30-17-6-4-16(28)5-7-17)19(12-29-22)24(31)13-1-2-13;/h3,8-13,16-17,32H,1-2,4-7,28H2,(H,29,30);1H. The van der Waals surface area contributed by atoms with E-state index in [1.807, 2.05) is 18.2 Å². The fourth-order valence-electron chi connectivity index (χ4n) is 4.48. The number of aromatic nitrogens is 1. The van der Waals surface area contributed by atoms with Gasteiger partial charge in [0, 0.05) is 29.6 Å². The van der Waals surface area contributed by atoms with Gasteiger partial charge in [-0.1, -0.05) is 17.7 Å². The van der Waals surface area contributed by atoms with Gasteiger partial charge in [0.2, 0.25) is 0 Å². The molecule has 0 amide bonds. The summed E-state index contributed by atoms with van der Waals surface area (Å²) >= 11 is 6.00. The van der Waals surface area contributed by atoms with Crippen LogP contribution in [-0.2, 0) is 0 Å². The number of Topliss-reactive ketones (excluding diaryl/α,β-unsaturated/α-hetero) is 1. The first-order valence-corrected chi connectivity index (χ1v) is 11.5. The highest BCUT2D eigenvalue weighted by Crippen LogP contribution is 2.39. The van der Waals surface area contributed by atoms with Crippen molar-refractivity contribution in [3.05, 3.63) is 52.9 Å². The SMILES string of the molecule is Cl.NC1CCC(Nc2c(C(=O)C3CC3)cnc3ccc(-c4cc(F)c(O)c(Cl)c4)cc23)CC1. The van der Waals surface area contributed by atoms with Gasteiger partial charge < -0.3 is 16.2 Å². The second kappa shape index (κ2) is 9.45. The maximum atomic E-state index is 14.1. The maximum absolute atomic E-state index is 14.1. The summed E-state index contributed by atoms with van der Waals surface area (Å²) in [5.41, 5.74) is 9.50. The molecule has 0 radical (unpaired) electrons. The molecule has 2 aliphatic rings. The predicted molar refractivity (Wildman–Crippen MR) is 132 cm³/mol. The number of pyridine rings is 1. The molecule has 33 heavy (non-hydrogen) atoms. The number of nitrogens with one attached hydrogen (secondary N) is 1. The Balaban J connectivity index is 0.00000259. The Labute approximate surface area is 202 Å². The van der Waals surface area contributed by atoms with Crippen LogP contribution in [0, 0.1) is 11.7 Å². The molecule has 0 aliphatic heterocycles. The molecule has 5 nitrogen and oxygen atoms in total. The third-order valence-electron chi connectivity index (χ3n) is 6.55. The van der Waals surface area contributed by atoms with Crippen molar-refractivity contribution in [2.45, 2.75) is 50.6 Å². The highest BCUT2D eigenvalue weighted by Gasteiger charge is 2.33. The predicted octanol–water partition coefficient (Wildman–Crippen LogP) is 6.10. The number of fused-ring (bicyclic) bond motifs is 1. The van der Waals surface area contributed by atoms with Gasteiger partial charge in [-0.25, -0.2) is 4.39 Å². The number of anilines is 1. The summed E-state index contributed by atoms with van der Waals surface area (Å²) in [4.78, 5) is 17.6. The van der Waals surface area contributed by atoms with Gasteiger partial charge in [0.25, 0.3) is 0 Å². The van der Waals surface area contributed by atoms with Crippen LogP contribution < -0.4 is 11.1 Å². The zero-order valence-corrected chi connectivity index (χ0v) is 19.6. The summed E-state index contributed by atoms with van der Waals surface area (Å²) in [5.74, 6) is -1.14. The number of hydrogen-bond acceptors (Lipinski definition) is 5. The second-order valence-corrected chi connectivity index (χ2v) is 9.37. The van der Waals surface area contributed by atoms with Gasteiger partial charge >= 0.3 is 0 Å². The molecule has 0 unspecified atom stereocenters. The van der Waals surface area contributed by atoms with E-state index >= 15 is 0 Å². The van der Waals surface area contributed by atoms with Crippen LogP contribution in [0.15, 0.2) is 36.5 Å². The van der Waals surface area contributed by atoms with Crippen LogP contribution in [0.1, 0.15) is 48.9 Å². The van der Waals surface area contributed by atoms with E-state index in [4.69, 9.17) is 17.3 Å². The molecule has 0 spiro atoms. The molecule has 2 aliphatic carbocycles.